The van der Waals surface area contributed by atoms with Gasteiger partial charge < -0.3 is 14.7 Å². The lowest BCUT2D eigenvalue weighted by Crippen LogP contribution is -2.28. The number of rotatable bonds is 9. The number of amides is 1. The Bertz CT molecular complexity index is 1050. The fourth-order valence-electron chi connectivity index (χ4n) is 3.17. The molecular formula is C21H26N2O6S. The predicted molar refractivity (Wildman–Crippen MR) is 115 cm³/mol. The van der Waals surface area contributed by atoms with Crippen LogP contribution in [0.5, 0.6) is 5.75 Å². The Balaban J connectivity index is 2.65. The lowest BCUT2D eigenvalue weighted by molar-refractivity contribution is -0.136. The van der Waals surface area contributed by atoms with E-state index in [-0.39, 0.29) is 18.9 Å². The van der Waals surface area contributed by atoms with Gasteiger partial charge >= 0.3 is 5.97 Å². The van der Waals surface area contributed by atoms with E-state index in [1.807, 2.05) is 6.92 Å². The number of nitrogens with one attached hydrogen (secondary N) is 1. The molecule has 162 valence electrons. The molecule has 0 saturated heterocycles. The Labute approximate surface area is 176 Å². The van der Waals surface area contributed by atoms with Crippen molar-refractivity contribution in [1.29, 1.82) is 0 Å². The highest BCUT2D eigenvalue weighted by atomic mass is 32.2. The summed E-state index contributed by atoms with van der Waals surface area (Å²) in [6.07, 6.45) is 0.918. The minimum atomic E-state index is -3.48. The van der Waals surface area contributed by atoms with Crippen molar-refractivity contribution in [3.63, 3.8) is 0 Å². The Morgan fingerprint density at radius 3 is 2.37 bits per heavy atom. The second kappa shape index (κ2) is 9.62. The molecule has 0 unspecified atom stereocenters. The summed E-state index contributed by atoms with van der Waals surface area (Å²) < 4.78 is 31.2. The maximum absolute atomic E-state index is 12.0. The van der Waals surface area contributed by atoms with E-state index in [9.17, 15) is 18.0 Å². The first-order valence-corrected chi connectivity index (χ1v) is 11.2. The van der Waals surface area contributed by atoms with Crippen molar-refractivity contribution in [1.82, 2.24) is 4.90 Å². The molecule has 0 heterocycles. The number of aliphatic carboxylic acids is 1. The topological polar surface area (TPSA) is 113 Å². The van der Waals surface area contributed by atoms with Gasteiger partial charge in [-0.25, -0.2) is 8.42 Å². The number of hydrogen-bond donors (Lipinski definition) is 2. The third-order valence-corrected chi connectivity index (χ3v) is 5.11. The summed E-state index contributed by atoms with van der Waals surface area (Å²) in [7, 11) is -1.96. The molecule has 0 aromatic heterocycles. The van der Waals surface area contributed by atoms with Crippen molar-refractivity contribution in [3.05, 3.63) is 47.5 Å². The minimum absolute atomic E-state index is 0.114. The zero-order valence-corrected chi connectivity index (χ0v) is 18.2. The number of carboxylic acids is 1. The van der Waals surface area contributed by atoms with E-state index in [0.717, 1.165) is 11.8 Å². The number of hydrogen-bond acceptors (Lipinski definition) is 5. The molecule has 9 heteroatoms. The molecule has 0 fully saturated rings. The number of nitrogens with zero attached hydrogens (tertiary/aromatic N) is 1. The van der Waals surface area contributed by atoms with Gasteiger partial charge in [0, 0.05) is 31.3 Å². The molecule has 0 aliphatic carbocycles. The normalized spacial score (nSPS) is 11.1. The van der Waals surface area contributed by atoms with Gasteiger partial charge in [0.25, 0.3) is 0 Å². The average Bonchev–Trinajstić information content (AvgIpc) is 2.64. The minimum Gasteiger partial charge on any atom is -0.496 e. The van der Waals surface area contributed by atoms with Crippen LogP contribution >= 0.6 is 0 Å². The van der Waals surface area contributed by atoms with Gasteiger partial charge in [0.05, 0.1) is 19.8 Å². The predicted octanol–water partition coefficient (Wildman–Crippen LogP) is 2.73. The molecule has 0 bridgehead atoms. The molecule has 2 rings (SSSR count). The molecule has 1 amide bonds. The Hall–Kier alpha value is -3.07. The Morgan fingerprint density at radius 2 is 1.83 bits per heavy atom. The van der Waals surface area contributed by atoms with Crippen molar-refractivity contribution in [2.75, 3.05) is 24.6 Å². The number of sulfonamides is 1. The monoisotopic (exact) mass is 434 g/mol. The highest BCUT2D eigenvalue weighted by Crippen LogP contribution is 2.35. The second-order valence-electron chi connectivity index (χ2n) is 6.88. The maximum Gasteiger partial charge on any atom is 0.307 e. The van der Waals surface area contributed by atoms with Crippen LogP contribution in [0.2, 0.25) is 0 Å². The Kier molecular flexibility index (Phi) is 7.44. The van der Waals surface area contributed by atoms with Gasteiger partial charge in [-0.2, -0.15) is 0 Å². The second-order valence-corrected chi connectivity index (χ2v) is 8.63. The quantitative estimate of drug-likeness (QED) is 0.627. The summed E-state index contributed by atoms with van der Waals surface area (Å²) in [6.45, 7) is 4.06. The van der Waals surface area contributed by atoms with Crippen LogP contribution < -0.4 is 9.46 Å². The highest BCUT2D eigenvalue weighted by molar-refractivity contribution is 7.92. The molecule has 0 atom stereocenters. The number of ether oxygens (including phenoxy) is 1. The number of benzene rings is 2. The third-order valence-electron chi connectivity index (χ3n) is 4.51. The van der Waals surface area contributed by atoms with E-state index >= 15 is 0 Å². The summed E-state index contributed by atoms with van der Waals surface area (Å²) >= 11 is 0. The van der Waals surface area contributed by atoms with E-state index in [4.69, 9.17) is 9.84 Å². The van der Waals surface area contributed by atoms with Crippen molar-refractivity contribution >= 4 is 27.6 Å². The fourth-order valence-corrected chi connectivity index (χ4v) is 3.72. The molecule has 0 aliphatic heterocycles. The van der Waals surface area contributed by atoms with Crippen LogP contribution in [0.3, 0.4) is 0 Å². The summed E-state index contributed by atoms with van der Waals surface area (Å²) in [6, 6.07) is 10.1. The van der Waals surface area contributed by atoms with Gasteiger partial charge in [0.1, 0.15) is 5.75 Å². The summed E-state index contributed by atoms with van der Waals surface area (Å²) in [5.74, 6) is -0.524. The highest BCUT2D eigenvalue weighted by Gasteiger charge is 2.17. The molecule has 0 spiro atoms. The van der Waals surface area contributed by atoms with Crippen LogP contribution in [-0.2, 0) is 32.6 Å². The van der Waals surface area contributed by atoms with Gasteiger partial charge in [-0.1, -0.05) is 12.1 Å². The zero-order chi connectivity index (χ0) is 22.5. The van der Waals surface area contributed by atoms with Gasteiger partial charge in [-0.05, 0) is 47.9 Å². The molecule has 0 radical (unpaired) electrons. The zero-order valence-electron chi connectivity index (χ0n) is 17.4. The molecule has 0 aliphatic rings. The summed E-state index contributed by atoms with van der Waals surface area (Å²) in [5, 5.41) is 9.13. The molecule has 30 heavy (non-hydrogen) atoms. The summed E-state index contributed by atoms with van der Waals surface area (Å²) in [4.78, 5) is 24.7. The van der Waals surface area contributed by atoms with Gasteiger partial charge in [-0.3, -0.25) is 14.3 Å². The van der Waals surface area contributed by atoms with E-state index in [1.165, 1.54) is 14.0 Å². The standard InChI is InChI=1S/C21H26N2O6S/c1-5-23(14(2)24)13-16-12-17(22-30(4,27)28)7-8-18(16)19-10-15(11-21(25)26)6-9-20(19)29-3/h6-10,12,22H,5,11,13H2,1-4H3,(H,25,26). The lowest BCUT2D eigenvalue weighted by Gasteiger charge is -2.22. The van der Waals surface area contributed by atoms with E-state index < -0.39 is 16.0 Å². The molecule has 2 aromatic rings. The molecule has 2 N–H and O–H groups in total. The first-order valence-electron chi connectivity index (χ1n) is 9.29. The summed E-state index contributed by atoms with van der Waals surface area (Å²) in [5.41, 5.74) is 3.05. The van der Waals surface area contributed by atoms with Gasteiger partial charge in [-0.15, -0.1) is 0 Å². The van der Waals surface area contributed by atoms with E-state index in [0.29, 0.717) is 34.7 Å². The maximum atomic E-state index is 12.0. The van der Waals surface area contributed by atoms with Gasteiger partial charge in [0.2, 0.25) is 15.9 Å². The first kappa shape index (κ1) is 23.2. The molecular weight excluding hydrogens is 408 g/mol. The lowest BCUT2D eigenvalue weighted by atomic mass is 9.95. The Morgan fingerprint density at radius 1 is 1.13 bits per heavy atom. The van der Waals surface area contributed by atoms with Crippen LogP contribution in [0.25, 0.3) is 11.1 Å². The van der Waals surface area contributed by atoms with Crippen LogP contribution in [0, 0.1) is 0 Å². The van der Waals surface area contributed by atoms with Crippen molar-refractivity contribution in [2.45, 2.75) is 26.8 Å². The smallest absolute Gasteiger partial charge is 0.307 e. The number of carbonyl (C=O) groups excluding carboxylic acids is 1. The number of methoxy groups -OCH3 is 1. The van der Waals surface area contributed by atoms with Crippen LogP contribution in [0.1, 0.15) is 25.0 Å². The molecule has 0 saturated carbocycles. The van der Waals surface area contributed by atoms with Crippen molar-refractivity contribution in [3.8, 4) is 16.9 Å². The van der Waals surface area contributed by atoms with Crippen molar-refractivity contribution in [2.24, 2.45) is 0 Å². The van der Waals surface area contributed by atoms with E-state index in [2.05, 4.69) is 4.72 Å². The van der Waals surface area contributed by atoms with Crippen LogP contribution in [-0.4, -0.2) is 50.2 Å². The number of anilines is 1. The van der Waals surface area contributed by atoms with Crippen LogP contribution in [0.4, 0.5) is 5.69 Å². The molecule has 8 nitrogen and oxygen atoms in total. The molecule has 2 aromatic carbocycles. The fraction of sp³-hybridized carbons (Fsp3) is 0.333. The van der Waals surface area contributed by atoms with Gasteiger partial charge in [0.15, 0.2) is 0 Å². The van der Waals surface area contributed by atoms with E-state index in [1.54, 1.807) is 41.3 Å². The third kappa shape index (κ3) is 6.21. The SMILES string of the molecule is CCN(Cc1cc(NS(C)(=O)=O)ccc1-c1cc(CC(=O)O)ccc1OC)C(C)=O. The number of carbonyl (C=O) groups is 2. The first-order chi connectivity index (χ1) is 14.0. The number of carboxylic acid groups (broad SMARTS) is 1. The van der Waals surface area contributed by atoms with Crippen molar-refractivity contribution < 1.29 is 27.9 Å². The average molecular weight is 435 g/mol. The van der Waals surface area contributed by atoms with Crippen LogP contribution in [0.15, 0.2) is 36.4 Å². The largest absolute Gasteiger partial charge is 0.496 e.